The minimum absolute atomic E-state index is 0.0389. The van der Waals surface area contributed by atoms with Gasteiger partial charge in [0.05, 0.1) is 24.8 Å². The number of rotatable bonds is 7. The smallest absolute Gasteiger partial charge is 0.269 e. The van der Waals surface area contributed by atoms with E-state index in [4.69, 9.17) is 9.15 Å². The second kappa shape index (κ2) is 9.27. The van der Waals surface area contributed by atoms with E-state index < -0.39 is 17.7 Å². The second-order valence-electron chi connectivity index (χ2n) is 7.06. The van der Waals surface area contributed by atoms with Crippen LogP contribution in [0.25, 0.3) is 0 Å². The molecule has 2 atom stereocenters. The van der Waals surface area contributed by atoms with Gasteiger partial charge in [0, 0.05) is 18.5 Å². The summed E-state index contributed by atoms with van der Waals surface area (Å²) < 4.78 is 11.0. The first-order valence-electron chi connectivity index (χ1n) is 9.63. The molecule has 1 saturated heterocycles. The van der Waals surface area contributed by atoms with Crippen molar-refractivity contribution in [3.63, 3.8) is 0 Å². The highest BCUT2D eigenvalue weighted by atomic mass is 16.5. The second-order valence-corrected chi connectivity index (χ2v) is 7.06. The predicted octanol–water partition coefficient (Wildman–Crippen LogP) is 2.27. The van der Waals surface area contributed by atoms with Gasteiger partial charge in [-0.2, -0.15) is 0 Å². The number of carbonyl (C=O) groups excluding carboxylic acids is 3. The summed E-state index contributed by atoms with van der Waals surface area (Å²) in [6, 6.07) is 10.3. The van der Waals surface area contributed by atoms with E-state index in [1.54, 1.807) is 47.6 Å². The fourth-order valence-electron chi connectivity index (χ4n) is 3.01. The Bertz CT molecular complexity index is 865. The number of nitrogens with one attached hydrogen (secondary N) is 2. The van der Waals surface area contributed by atoms with Gasteiger partial charge in [0.2, 0.25) is 11.8 Å². The van der Waals surface area contributed by atoms with Crippen LogP contribution >= 0.6 is 0 Å². The fraction of sp³-hybridized carbons (Fsp3) is 0.381. The zero-order chi connectivity index (χ0) is 20.8. The molecule has 1 fully saturated rings. The summed E-state index contributed by atoms with van der Waals surface area (Å²) in [5.41, 5.74) is 5.18. The lowest BCUT2D eigenvalue weighted by Gasteiger charge is -2.15. The van der Waals surface area contributed by atoms with Crippen LogP contribution in [-0.2, 0) is 16.1 Å². The molecule has 2 N–H and O–H groups in total. The standard InChI is InChI=1S/C21H25N3O5/c1-3-14(2)29-17-7-4-6-15(10-17)20(26)22-23-21(27)16-11-19(25)24(12-16)13-18-8-5-9-28-18/h4-10,14,16H,3,11-13H2,1-2H3,(H,22,26)(H,23,27). The molecule has 29 heavy (non-hydrogen) atoms. The summed E-state index contributed by atoms with van der Waals surface area (Å²) in [4.78, 5) is 38.4. The minimum atomic E-state index is -0.530. The molecule has 1 aliphatic rings. The molecule has 0 bridgehead atoms. The first-order chi connectivity index (χ1) is 14.0. The van der Waals surface area contributed by atoms with Crippen molar-refractivity contribution in [3.8, 4) is 5.75 Å². The van der Waals surface area contributed by atoms with E-state index in [1.165, 1.54) is 0 Å². The van der Waals surface area contributed by atoms with E-state index in [0.717, 1.165) is 6.42 Å². The third-order valence-corrected chi connectivity index (χ3v) is 4.82. The molecule has 2 heterocycles. The average Bonchev–Trinajstić information content (AvgIpc) is 3.36. The molecule has 1 aliphatic heterocycles. The summed E-state index contributed by atoms with van der Waals surface area (Å²) in [6.45, 7) is 4.57. The normalized spacial score (nSPS) is 17.1. The van der Waals surface area contributed by atoms with Gasteiger partial charge in [-0.25, -0.2) is 0 Å². The van der Waals surface area contributed by atoms with Crippen LogP contribution in [0.3, 0.4) is 0 Å². The maximum atomic E-state index is 12.4. The Kier molecular flexibility index (Phi) is 6.54. The van der Waals surface area contributed by atoms with E-state index in [1.807, 2.05) is 13.8 Å². The molecule has 3 rings (SSSR count). The van der Waals surface area contributed by atoms with Crippen LogP contribution in [-0.4, -0.2) is 35.3 Å². The Labute approximate surface area is 169 Å². The Hall–Kier alpha value is -3.29. The Balaban J connectivity index is 1.51. The van der Waals surface area contributed by atoms with E-state index in [2.05, 4.69) is 10.9 Å². The van der Waals surface area contributed by atoms with E-state index in [-0.39, 0.29) is 25.0 Å². The number of ether oxygens (including phenoxy) is 1. The molecule has 2 unspecified atom stereocenters. The lowest BCUT2D eigenvalue weighted by Crippen LogP contribution is -2.45. The number of hydrogen-bond acceptors (Lipinski definition) is 5. The van der Waals surface area contributed by atoms with Gasteiger partial charge in [-0.15, -0.1) is 0 Å². The number of hydrazine groups is 1. The maximum absolute atomic E-state index is 12.4. The van der Waals surface area contributed by atoms with Crippen LogP contribution in [0.1, 0.15) is 42.8 Å². The van der Waals surface area contributed by atoms with Crippen molar-refractivity contribution in [2.75, 3.05) is 6.54 Å². The number of benzene rings is 1. The van der Waals surface area contributed by atoms with Crippen molar-refractivity contribution in [2.24, 2.45) is 5.92 Å². The zero-order valence-corrected chi connectivity index (χ0v) is 16.5. The predicted molar refractivity (Wildman–Crippen MR) is 105 cm³/mol. The minimum Gasteiger partial charge on any atom is -0.491 e. The average molecular weight is 399 g/mol. The van der Waals surface area contributed by atoms with Gasteiger partial charge in [0.15, 0.2) is 0 Å². The molecule has 0 spiro atoms. The van der Waals surface area contributed by atoms with Gasteiger partial charge >= 0.3 is 0 Å². The monoisotopic (exact) mass is 399 g/mol. The molecule has 1 aromatic carbocycles. The van der Waals surface area contributed by atoms with Crippen molar-refractivity contribution < 1.29 is 23.5 Å². The Morgan fingerprint density at radius 3 is 2.83 bits per heavy atom. The van der Waals surface area contributed by atoms with Crippen LogP contribution in [0.15, 0.2) is 47.1 Å². The van der Waals surface area contributed by atoms with Crippen molar-refractivity contribution in [1.29, 1.82) is 0 Å². The van der Waals surface area contributed by atoms with Gasteiger partial charge in [0.1, 0.15) is 11.5 Å². The van der Waals surface area contributed by atoms with Crippen LogP contribution < -0.4 is 15.6 Å². The van der Waals surface area contributed by atoms with Crippen LogP contribution in [0, 0.1) is 5.92 Å². The highest BCUT2D eigenvalue weighted by Gasteiger charge is 2.34. The molecule has 1 aromatic heterocycles. The number of likely N-dealkylation sites (tertiary alicyclic amines) is 1. The molecule has 154 valence electrons. The van der Waals surface area contributed by atoms with E-state index in [9.17, 15) is 14.4 Å². The summed E-state index contributed by atoms with van der Waals surface area (Å²) in [7, 11) is 0. The molecule has 3 amide bonds. The summed E-state index contributed by atoms with van der Waals surface area (Å²) in [5.74, 6) is -0.258. The molecule has 8 heteroatoms. The number of hydrogen-bond donors (Lipinski definition) is 2. The van der Waals surface area contributed by atoms with Crippen molar-refractivity contribution in [2.45, 2.75) is 39.3 Å². The summed E-state index contributed by atoms with van der Waals surface area (Å²) >= 11 is 0. The Morgan fingerprint density at radius 1 is 1.28 bits per heavy atom. The molecular weight excluding hydrogens is 374 g/mol. The Morgan fingerprint density at radius 2 is 2.10 bits per heavy atom. The largest absolute Gasteiger partial charge is 0.491 e. The molecule has 0 aliphatic carbocycles. The number of amides is 3. The van der Waals surface area contributed by atoms with Crippen LogP contribution in [0.4, 0.5) is 0 Å². The molecule has 2 aromatic rings. The number of nitrogens with zero attached hydrogens (tertiary/aromatic N) is 1. The highest BCUT2D eigenvalue weighted by Crippen LogP contribution is 2.20. The van der Waals surface area contributed by atoms with Crippen LogP contribution in [0.5, 0.6) is 5.75 Å². The highest BCUT2D eigenvalue weighted by molar-refractivity contribution is 5.96. The lowest BCUT2D eigenvalue weighted by atomic mass is 10.1. The zero-order valence-electron chi connectivity index (χ0n) is 16.5. The van der Waals surface area contributed by atoms with Gasteiger partial charge in [-0.3, -0.25) is 25.2 Å². The maximum Gasteiger partial charge on any atom is 0.269 e. The molecule has 0 saturated carbocycles. The van der Waals surface area contributed by atoms with Gasteiger partial charge < -0.3 is 14.1 Å². The summed E-state index contributed by atoms with van der Waals surface area (Å²) in [5, 5.41) is 0. The van der Waals surface area contributed by atoms with Crippen molar-refractivity contribution in [3.05, 3.63) is 54.0 Å². The molecular formula is C21H25N3O5. The quantitative estimate of drug-likeness (QED) is 0.696. The van der Waals surface area contributed by atoms with E-state index >= 15 is 0 Å². The SMILES string of the molecule is CCC(C)Oc1cccc(C(=O)NNC(=O)C2CC(=O)N(Cc3ccco3)C2)c1. The third kappa shape index (κ3) is 5.37. The first-order valence-corrected chi connectivity index (χ1v) is 9.63. The number of carbonyl (C=O) groups is 3. The van der Waals surface area contributed by atoms with Crippen molar-refractivity contribution >= 4 is 17.7 Å². The van der Waals surface area contributed by atoms with E-state index in [0.29, 0.717) is 23.6 Å². The number of furan rings is 1. The molecule has 0 radical (unpaired) electrons. The fourth-order valence-corrected chi connectivity index (χ4v) is 3.01. The van der Waals surface area contributed by atoms with Crippen LogP contribution in [0.2, 0.25) is 0 Å². The topological polar surface area (TPSA) is 101 Å². The molecule has 8 nitrogen and oxygen atoms in total. The lowest BCUT2D eigenvalue weighted by molar-refractivity contribution is -0.129. The third-order valence-electron chi connectivity index (χ3n) is 4.82. The summed E-state index contributed by atoms with van der Waals surface area (Å²) in [6.07, 6.45) is 2.53. The van der Waals surface area contributed by atoms with Gasteiger partial charge in [0.25, 0.3) is 5.91 Å². The first kappa shape index (κ1) is 20.4. The van der Waals surface area contributed by atoms with Gasteiger partial charge in [-0.05, 0) is 43.7 Å². The van der Waals surface area contributed by atoms with Gasteiger partial charge in [-0.1, -0.05) is 13.0 Å². The van der Waals surface area contributed by atoms with Crippen molar-refractivity contribution in [1.82, 2.24) is 15.8 Å².